The van der Waals surface area contributed by atoms with Crippen molar-refractivity contribution in [2.75, 3.05) is 38.3 Å². The predicted octanol–water partition coefficient (Wildman–Crippen LogP) is 3.06. The van der Waals surface area contributed by atoms with Gasteiger partial charge in [-0.1, -0.05) is 29.8 Å². The molecule has 0 spiro atoms. The molecule has 1 aromatic carbocycles. The first-order valence-electron chi connectivity index (χ1n) is 8.69. The highest BCUT2D eigenvalue weighted by molar-refractivity contribution is 5.93. The van der Waals surface area contributed by atoms with Gasteiger partial charge in [-0.05, 0) is 31.5 Å². The van der Waals surface area contributed by atoms with E-state index in [0.29, 0.717) is 5.69 Å². The van der Waals surface area contributed by atoms with Crippen molar-refractivity contribution in [2.24, 2.45) is 0 Å². The van der Waals surface area contributed by atoms with Gasteiger partial charge in [0.1, 0.15) is 5.69 Å². The number of carbonyl (C=O) groups excluding carboxylic acids is 1. The average Bonchev–Trinajstić information content (AvgIpc) is 2.67. The maximum Gasteiger partial charge on any atom is 0.272 e. The van der Waals surface area contributed by atoms with E-state index in [2.05, 4.69) is 41.1 Å². The molecule has 0 bridgehead atoms. The Labute approximate surface area is 149 Å². The van der Waals surface area contributed by atoms with Crippen LogP contribution in [0, 0.1) is 6.92 Å². The molecule has 132 valence electrons. The summed E-state index contributed by atoms with van der Waals surface area (Å²) in [5.74, 6) is -0.0665. The number of rotatable bonds is 4. The highest BCUT2D eigenvalue weighted by atomic mass is 16.5. The van der Waals surface area contributed by atoms with Crippen LogP contribution in [0.2, 0.25) is 0 Å². The molecular formula is C20H25N3O2. The molecule has 1 aromatic heterocycles. The van der Waals surface area contributed by atoms with E-state index in [9.17, 15) is 4.79 Å². The van der Waals surface area contributed by atoms with Gasteiger partial charge in [0.2, 0.25) is 0 Å². The molecule has 25 heavy (non-hydrogen) atoms. The van der Waals surface area contributed by atoms with Gasteiger partial charge in [-0.25, -0.2) is 0 Å². The standard InChI is InChI=1S/C20H25N3O2/c1-15-4-6-17(7-5-15)16(2)22(3)20(24)19-14-18(8-9-21-19)23-10-12-25-13-11-23/h4-9,14,16H,10-13H2,1-3H3/t16-/m0/s1. The molecule has 1 aliphatic heterocycles. The lowest BCUT2D eigenvalue weighted by Crippen LogP contribution is -2.36. The Morgan fingerprint density at radius 3 is 2.56 bits per heavy atom. The van der Waals surface area contributed by atoms with Crippen molar-refractivity contribution in [3.63, 3.8) is 0 Å². The molecule has 0 N–H and O–H groups in total. The van der Waals surface area contributed by atoms with E-state index in [1.54, 1.807) is 11.1 Å². The maximum atomic E-state index is 12.9. The fourth-order valence-corrected chi connectivity index (χ4v) is 2.98. The van der Waals surface area contributed by atoms with Crippen molar-refractivity contribution < 1.29 is 9.53 Å². The zero-order valence-electron chi connectivity index (χ0n) is 15.1. The summed E-state index contributed by atoms with van der Waals surface area (Å²) in [6.45, 7) is 7.21. The fraction of sp³-hybridized carbons (Fsp3) is 0.400. The summed E-state index contributed by atoms with van der Waals surface area (Å²) in [6, 6.07) is 12.1. The summed E-state index contributed by atoms with van der Waals surface area (Å²) in [5, 5.41) is 0. The molecular weight excluding hydrogens is 314 g/mol. The minimum absolute atomic E-state index is 0.0121. The molecule has 1 saturated heterocycles. The number of nitrogens with zero attached hydrogens (tertiary/aromatic N) is 3. The van der Waals surface area contributed by atoms with Crippen LogP contribution in [0.4, 0.5) is 5.69 Å². The summed E-state index contributed by atoms with van der Waals surface area (Å²) in [4.78, 5) is 21.2. The average molecular weight is 339 g/mol. The molecule has 1 aliphatic rings. The van der Waals surface area contributed by atoms with Gasteiger partial charge in [0.15, 0.2) is 0 Å². The van der Waals surface area contributed by atoms with Gasteiger partial charge in [-0.2, -0.15) is 0 Å². The van der Waals surface area contributed by atoms with E-state index < -0.39 is 0 Å². The van der Waals surface area contributed by atoms with Crippen LogP contribution in [-0.2, 0) is 4.74 Å². The van der Waals surface area contributed by atoms with Gasteiger partial charge in [0, 0.05) is 32.0 Å². The van der Waals surface area contributed by atoms with Crippen molar-refractivity contribution in [1.82, 2.24) is 9.88 Å². The minimum atomic E-state index is -0.0665. The Kier molecular flexibility index (Phi) is 5.34. The number of anilines is 1. The molecule has 5 nitrogen and oxygen atoms in total. The number of hydrogen-bond acceptors (Lipinski definition) is 4. The number of ether oxygens (including phenoxy) is 1. The first-order valence-corrected chi connectivity index (χ1v) is 8.69. The van der Waals surface area contributed by atoms with Crippen LogP contribution in [0.25, 0.3) is 0 Å². The lowest BCUT2D eigenvalue weighted by Gasteiger charge is -2.29. The fourth-order valence-electron chi connectivity index (χ4n) is 2.98. The van der Waals surface area contributed by atoms with E-state index >= 15 is 0 Å². The van der Waals surface area contributed by atoms with E-state index in [0.717, 1.165) is 37.6 Å². The van der Waals surface area contributed by atoms with E-state index in [4.69, 9.17) is 4.74 Å². The molecule has 0 saturated carbocycles. The number of aromatic nitrogens is 1. The zero-order chi connectivity index (χ0) is 17.8. The van der Waals surface area contributed by atoms with Crippen LogP contribution in [-0.4, -0.2) is 49.1 Å². The van der Waals surface area contributed by atoms with Crippen LogP contribution in [0.15, 0.2) is 42.6 Å². The zero-order valence-corrected chi connectivity index (χ0v) is 15.1. The van der Waals surface area contributed by atoms with Gasteiger partial charge in [-0.3, -0.25) is 9.78 Å². The number of pyridine rings is 1. The molecule has 2 heterocycles. The van der Waals surface area contributed by atoms with Gasteiger partial charge >= 0.3 is 0 Å². The predicted molar refractivity (Wildman–Crippen MR) is 99.0 cm³/mol. The van der Waals surface area contributed by atoms with Crippen LogP contribution in [0.1, 0.15) is 34.6 Å². The quantitative estimate of drug-likeness (QED) is 0.859. The van der Waals surface area contributed by atoms with Crippen LogP contribution in [0.5, 0.6) is 0 Å². The first-order chi connectivity index (χ1) is 12.1. The number of aryl methyl sites for hydroxylation is 1. The number of amides is 1. The van der Waals surface area contributed by atoms with E-state index in [-0.39, 0.29) is 11.9 Å². The Hall–Kier alpha value is -2.40. The third-order valence-electron chi connectivity index (χ3n) is 4.80. The largest absolute Gasteiger partial charge is 0.378 e. The lowest BCUT2D eigenvalue weighted by molar-refractivity contribution is 0.0736. The molecule has 2 aromatic rings. The second-order valence-corrected chi connectivity index (χ2v) is 6.50. The molecule has 3 rings (SSSR count). The minimum Gasteiger partial charge on any atom is -0.378 e. The Morgan fingerprint density at radius 1 is 1.20 bits per heavy atom. The smallest absolute Gasteiger partial charge is 0.272 e. The Bertz CT molecular complexity index is 724. The third kappa shape index (κ3) is 3.99. The second-order valence-electron chi connectivity index (χ2n) is 6.50. The van der Waals surface area contributed by atoms with Gasteiger partial charge < -0.3 is 14.5 Å². The lowest BCUT2D eigenvalue weighted by atomic mass is 10.1. The number of carbonyl (C=O) groups is 1. The number of hydrogen-bond donors (Lipinski definition) is 0. The van der Waals surface area contributed by atoms with Crippen molar-refractivity contribution >= 4 is 11.6 Å². The summed E-state index contributed by atoms with van der Waals surface area (Å²) >= 11 is 0. The molecule has 0 aliphatic carbocycles. The topological polar surface area (TPSA) is 45.7 Å². The first kappa shape index (κ1) is 17.4. The van der Waals surface area contributed by atoms with Gasteiger partial charge in [0.25, 0.3) is 5.91 Å². The number of morpholine rings is 1. The maximum absolute atomic E-state index is 12.9. The van der Waals surface area contributed by atoms with E-state index in [1.165, 1.54) is 5.56 Å². The van der Waals surface area contributed by atoms with Gasteiger partial charge in [-0.15, -0.1) is 0 Å². The molecule has 1 fully saturated rings. The molecule has 5 heteroatoms. The summed E-state index contributed by atoms with van der Waals surface area (Å²) in [5.41, 5.74) is 3.83. The monoisotopic (exact) mass is 339 g/mol. The van der Waals surface area contributed by atoms with Crippen molar-refractivity contribution in [2.45, 2.75) is 19.9 Å². The van der Waals surface area contributed by atoms with Crippen LogP contribution in [0.3, 0.4) is 0 Å². The molecule has 1 atom stereocenters. The highest BCUT2D eigenvalue weighted by Gasteiger charge is 2.21. The van der Waals surface area contributed by atoms with Crippen LogP contribution < -0.4 is 4.90 Å². The third-order valence-corrected chi connectivity index (χ3v) is 4.80. The normalized spacial score (nSPS) is 15.7. The molecule has 0 radical (unpaired) electrons. The summed E-state index contributed by atoms with van der Waals surface area (Å²) in [6.07, 6.45) is 1.71. The Morgan fingerprint density at radius 2 is 1.88 bits per heavy atom. The molecule has 1 amide bonds. The number of benzene rings is 1. The van der Waals surface area contributed by atoms with Gasteiger partial charge in [0.05, 0.1) is 19.3 Å². The Balaban J connectivity index is 1.76. The second kappa shape index (κ2) is 7.66. The highest BCUT2D eigenvalue weighted by Crippen LogP contribution is 2.22. The van der Waals surface area contributed by atoms with Crippen molar-refractivity contribution in [3.8, 4) is 0 Å². The van der Waals surface area contributed by atoms with Crippen LogP contribution >= 0.6 is 0 Å². The van der Waals surface area contributed by atoms with Crippen molar-refractivity contribution in [1.29, 1.82) is 0 Å². The molecule has 0 unspecified atom stereocenters. The SMILES string of the molecule is Cc1ccc([C@H](C)N(C)C(=O)c2cc(N3CCOCC3)ccn2)cc1. The van der Waals surface area contributed by atoms with Crippen molar-refractivity contribution in [3.05, 3.63) is 59.4 Å². The van der Waals surface area contributed by atoms with E-state index in [1.807, 2.05) is 26.1 Å². The summed E-state index contributed by atoms with van der Waals surface area (Å²) < 4.78 is 5.39. The summed E-state index contributed by atoms with van der Waals surface area (Å²) in [7, 11) is 1.83.